The van der Waals surface area contributed by atoms with Gasteiger partial charge in [-0.1, -0.05) is 35.4 Å². The van der Waals surface area contributed by atoms with Crippen LogP contribution >= 0.6 is 0 Å². The largest absolute Gasteiger partial charge is 0.384 e. The van der Waals surface area contributed by atoms with Crippen molar-refractivity contribution in [1.29, 1.82) is 0 Å². The first kappa shape index (κ1) is 46.2. The van der Waals surface area contributed by atoms with E-state index in [0.29, 0.717) is 53.9 Å². The summed E-state index contributed by atoms with van der Waals surface area (Å²) in [4.78, 5) is 61.7. The Balaban J connectivity index is 0.947. The second-order valence-corrected chi connectivity index (χ2v) is 20.4. The Hall–Kier alpha value is -6.59. The van der Waals surface area contributed by atoms with E-state index in [1.54, 1.807) is 57.6 Å². The Morgan fingerprint density at radius 2 is 1.68 bits per heavy atom. The predicted octanol–water partition coefficient (Wildman–Crippen LogP) is 6.06. The highest BCUT2D eigenvalue weighted by Crippen LogP contribution is 2.40. The molecule has 2 unspecified atom stereocenters. The van der Waals surface area contributed by atoms with Crippen LogP contribution in [-0.2, 0) is 16.8 Å². The van der Waals surface area contributed by atoms with E-state index in [9.17, 15) is 14.7 Å². The average Bonchev–Trinajstić information content (AvgIpc) is 4.04. The Morgan fingerprint density at radius 1 is 0.899 bits per heavy atom. The number of rotatable bonds is 11. The fourth-order valence-corrected chi connectivity index (χ4v) is 11.1. The molecular weight excluding hydrogens is 869 g/mol. The van der Waals surface area contributed by atoms with E-state index in [-0.39, 0.29) is 29.9 Å². The number of nitrogens with zero attached hydrogens (tertiary/aromatic N) is 13. The van der Waals surface area contributed by atoms with Gasteiger partial charge >= 0.3 is 5.82 Å². The molecule has 10 rings (SSSR count). The first-order chi connectivity index (χ1) is 33.1. The van der Waals surface area contributed by atoms with Gasteiger partial charge in [0.25, 0.3) is 5.91 Å². The lowest BCUT2D eigenvalue weighted by Gasteiger charge is -2.38. The molecule has 360 valence electrons. The van der Waals surface area contributed by atoms with E-state index in [1.807, 2.05) is 29.2 Å². The minimum atomic E-state index is -1.07. The third kappa shape index (κ3) is 8.97. The zero-order chi connectivity index (χ0) is 48.3. The van der Waals surface area contributed by atoms with E-state index in [2.05, 4.69) is 91.3 Å². The number of benzene rings is 1. The normalized spacial score (nSPS) is 22.1. The number of anilines is 5. The summed E-state index contributed by atoms with van der Waals surface area (Å²) in [6.07, 6.45) is 12.8. The highest BCUT2D eigenvalue weighted by molar-refractivity contribution is 5.98. The lowest BCUT2D eigenvalue weighted by molar-refractivity contribution is -0.766. The van der Waals surface area contributed by atoms with Gasteiger partial charge in [-0.2, -0.15) is 4.98 Å². The van der Waals surface area contributed by atoms with Crippen LogP contribution in [0.1, 0.15) is 110 Å². The quantitative estimate of drug-likeness (QED) is 0.144. The third-order valence-corrected chi connectivity index (χ3v) is 15.2. The maximum absolute atomic E-state index is 14.0. The molecule has 5 aromatic heterocycles. The fraction of sp³-hybridized carbons (Fsp3) is 0.481. The zero-order valence-corrected chi connectivity index (χ0v) is 41.2. The van der Waals surface area contributed by atoms with Crippen LogP contribution in [-0.4, -0.2) is 127 Å². The van der Waals surface area contributed by atoms with Crippen molar-refractivity contribution in [3.63, 3.8) is 0 Å². The van der Waals surface area contributed by atoms with Crippen molar-refractivity contribution in [3.05, 3.63) is 107 Å². The van der Waals surface area contributed by atoms with E-state index in [4.69, 9.17) is 20.1 Å². The van der Waals surface area contributed by atoms with Crippen molar-refractivity contribution >= 4 is 51.9 Å². The topological polar surface area (TPSA) is 169 Å². The summed E-state index contributed by atoms with van der Waals surface area (Å²) in [7, 11) is 5.70. The molecule has 2 amide bonds. The standard InChI is InChI=1S/C52H64N14O3/c1-32-30-62(20-21-63(32)46-29-53-44(28-55-46)52(4,5)69)49-34(3)33(2)42(22-35-12-10-9-11-13-35)59-66(49)39-16-15-38(24-39)65-43(50(68)60(6)7)23-36-26-56-51(58-48(36)65)57-45-19-18-40(27-54-45)64-31-41-17-14-37(61(41)8)25-47(64)67/h9-13,18-19,23,26-29,32,37-39,41,69H,14-17,20-22,24-25,30-31H2,1-8H3/p+1/t32-,37+,38?,39?,41-/m1/s1. The van der Waals surface area contributed by atoms with Crippen LogP contribution < -0.4 is 24.7 Å². The summed E-state index contributed by atoms with van der Waals surface area (Å²) >= 11 is 0. The lowest BCUT2D eigenvalue weighted by Crippen LogP contribution is -2.58. The van der Waals surface area contributed by atoms with Gasteiger partial charge in [0.15, 0.2) is 0 Å². The summed E-state index contributed by atoms with van der Waals surface area (Å²) in [5.74, 6) is 2.89. The number of carbonyl (C=O) groups is 2. The van der Waals surface area contributed by atoms with Gasteiger partial charge in [0.1, 0.15) is 47.7 Å². The molecule has 1 saturated carbocycles. The first-order valence-electron chi connectivity index (χ1n) is 24.5. The van der Waals surface area contributed by atoms with Crippen LogP contribution in [0.4, 0.5) is 29.1 Å². The summed E-state index contributed by atoms with van der Waals surface area (Å²) < 4.78 is 4.44. The Bertz CT molecular complexity index is 2860. The van der Waals surface area contributed by atoms with Crippen LogP contribution in [0.3, 0.4) is 0 Å². The van der Waals surface area contributed by atoms with Gasteiger partial charge in [0.05, 0.1) is 48.3 Å². The SMILES string of the molecule is Cc1c(Cc2ccccc2)n[n+](C2CCC(n3c(C(=O)N(C)C)cc4cnc(Nc5ccc(N6C[C@H]7CC[C@@H](CC6=O)N7C)cn5)nc43)C2)c(N2CCN(c3cnc(C(C)(C)O)cn3)[C@H](C)C2)c1C. The number of hydrogen-bond acceptors (Lipinski definition) is 13. The number of hydrogen-bond donors (Lipinski definition) is 2. The van der Waals surface area contributed by atoms with Crippen molar-refractivity contribution in [1.82, 2.24) is 44.4 Å². The van der Waals surface area contributed by atoms with Gasteiger partial charge in [0, 0.05) is 75.2 Å². The molecule has 1 aliphatic carbocycles. The highest BCUT2D eigenvalue weighted by atomic mass is 16.3. The second-order valence-electron chi connectivity index (χ2n) is 20.4. The van der Waals surface area contributed by atoms with Crippen LogP contribution in [0.2, 0.25) is 0 Å². The van der Waals surface area contributed by atoms with E-state index in [1.165, 1.54) is 16.7 Å². The maximum atomic E-state index is 14.0. The van der Waals surface area contributed by atoms with Gasteiger partial charge < -0.3 is 29.7 Å². The van der Waals surface area contributed by atoms with Crippen molar-refractivity contribution in [2.75, 3.05) is 67.3 Å². The molecule has 5 atom stereocenters. The second kappa shape index (κ2) is 18.4. The minimum absolute atomic E-state index is 0.0426. The van der Waals surface area contributed by atoms with E-state index >= 15 is 0 Å². The molecule has 4 aliphatic rings. The van der Waals surface area contributed by atoms with Crippen molar-refractivity contribution in [2.45, 2.75) is 115 Å². The molecule has 3 saturated heterocycles. The minimum Gasteiger partial charge on any atom is -0.384 e. The molecule has 2 bridgehead atoms. The molecule has 2 N–H and O–H groups in total. The molecule has 1 aromatic carbocycles. The van der Waals surface area contributed by atoms with Gasteiger partial charge in [-0.3, -0.25) is 24.4 Å². The number of amides is 2. The molecule has 4 fully saturated rings. The Morgan fingerprint density at radius 3 is 2.39 bits per heavy atom. The summed E-state index contributed by atoms with van der Waals surface area (Å²) in [6, 6.07) is 17.0. The number of piperazine rings is 1. The highest BCUT2D eigenvalue weighted by Gasteiger charge is 2.42. The predicted molar refractivity (Wildman–Crippen MR) is 266 cm³/mol. The number of likely N-dealkylation sites (N-methyl/N-ethyl adjacent to an activating group) is 1. The average molecular weight is 934 g/mol. The van der Waals surface area contributed by atoms with Gasteiger partial charge in [-0.15, -0.1) is 4.68 Å². The van der Waals surface area contributed by atoms with Crippen LogP contribution in [0.25, 0.3) is 11.0 Å². The molecule has 3 aliphatic heterocycles. The van der Waals surface area contributed by atoms with Gasteiger partial charge in [-0.25, -0.2) is 15.0 Å². The molecule has 0 radical (unpaired) electrons. The van der Waals surface area contributed by atoms with Crippen molar-refractivity contribution < 1.29 is 19.4 Å². The number of pyridine rings is 1. The van der Waals surface area contributed by atoms with Crippen LogP contribution in [0.15, 0.2) is 73.3 Å². The smallest absolute Gasteiger partial charge is 0.300 e. The summed E-state index contributed by atoms with van der Waals surface area (Å²) in [5.41, 5.74) is 6.18. The fourth-order valence-electron chi connectivity index (χ4n) is 11.1. The molecule has 0 spiro atoms. The lowest BCUT2D eigenvalue weighted by atomic mass is 10.0. The molecule has 8 heterocycles. The Labute approximate surface area is 404 Å². The molecular formula is C52H65N14O3+. The third-order valence-electron chi connectivity index (χ3n) is 15.2. The molecule has 17 nitrogen and oxygen atoms in total. The number of carbonyl (C=O) groups excluding carboxylic acids is 2. The molecule has 69 heavy (non-hydrogen) atoms. The maximum Gasteiger partial charge on any atom is 0.300 e. The van der Waals surface area contributed by atoms with Crippen LogP contribution in [0, 0.1) is 13.8 Å². The number of fused-ring (bicyclic) bond motifs is 3. The molecule has 6 aromatic rings. The van der Waals surface area contributed by atoms with Crippen molar-refractivity contribution in [2.24, 2.45) is 0 Å². The van der Waals surface area contributed by atoms with Crippen LogP contribution in [0.5, 0.6) is 0 Å². The number of aromatic nitrogens is 8. The van der Waals surface area contributed by atoms with Crippen molar-refractivity contribution in [3.8, 4) is 0 Å². The van der Waals surface area contributed by atoms with Gasteiger partial charge in [0.2, 0.25) is 11.9 Å². The summed E-state index contributed by atoms with van der Waals surface area (Å²) in [5, 5.41) is 20.2. The number of nitrogens with one attached hydrogen (secondary N) is 1. The van der Waals surface area contributed by atoms with Gasteiger partial charge in [-0.05, 0) is 96.7 Å². The van der Waals surface area contributed by atoms with E-state index < -0.39 is 5.60 Å². The molecule has 17 heteroatoms. The zero-order valence-electron chi connectivity index (χ0n) is 41.2. The number of aliphatic hydroxyl groups is 1. The monoisotopic (exact) mass is 934 g/mol. The Kier molecular flexibility index (Phi) is 12.3. The van der Waals surface area contributed by atoms with E-state index in [0.717, 1.165) is 86.6 Å². The first-order valence-corrected chi connectivity index (χ1v) is 24.5. The summed E-state index contributed by atoms with van der Waals surface area (Å²) in [6.45, 7) is 13.0.